The molecule has 2 aromatic rings. The van der Waals surface area contributed by atoms with Crippen molar-refractivity contribution in [3.63, 3.8) is 0 Å². The molecule has 8 heteroatoms. The molecule has 1 fully saturated rings. The molecule has 0 atom stereocenters. The lowest BCUT2D eigenvalue weighted by Gasteiger charge is -2.30. The second-order valence-corrected chi connectivity index (χ2v) is 10.6. The highest BCUT2D eigenvalue weighted by Gasteiger charge is 2.29. The van der Waals surface area contributed by atoms with Gasteiger partial charge in [0.2, 0.25) is 0 Å². The average molecular weight is 529 g/mol. The van der Waals surface area contributed by atoms with Gasteiger partial charge in [-0.25, -0.2) is 14.4 Å². The number of nitriles is 1. The SMILES string of the molecule is CCC1=NCC2=CC=CC(N3CCCCCCC3)=NC2=C1N(CC)c1nc(-c2ccc(F)cc2)c(C#N)s1. The summed E-state index contributed by atoms with van der Waals surface area (Å²) in [6.45, 7) is 7.49. The summed E-state index contributed by atoms with van der Waals surface area (Å²) in [5, 5.41) is 10.6. The van der Waals surface area contributed by atoms with E-state index < -0.39 is 0 Å². The monoisotopic (exact) mass is 528 g/mol. The van der Waals surface area contributed by atoms with E-state index in [2.05, 4.69) is 47.9 Å². The van der Waals surface area contributed by atoms with Crippen LogP contribution in [0.25, 0.3) is 11.3 Å². The Bertz CT molecular complexity index is 1360. The van der Waals surface area contributed by atoms with Gasteiger partial charge in [-0.15, -0.1) is 0 Å². The molecule has 1 aromatic heterocycles. The summed E-state index contributed by atoms with van der Waals surface area (Å²) in [4.78, 5) is 20.2. The first kappa shape index (κ1) is 26.1. The van der Waals surface area contributed by atoms with Crippen molar-refractivity contribution in [1.29, 1.82) is 5.26 Å². The Morgan fingerprint density at radius 1 is 1.08 bits per heavy atom. The number of dihydropyridines is 1. The zero-order valence-corrected chi connectivity index (χ0v) is 22.9. The van der Waals surface area contributed by atoms with Crippen LogP contribution in [0, 0.1) is 17.1 Å². The molecular weight excluding hydrogens is 495 g/mol. The Hall–Kier alpha value is -3.57. The molecule has 0 amide bonds. The fraction of sp³-hybridized carbons (Fsp3) is 0.400. The predicted molar refractivity (Wildman–Crippen MR) is 154 cm³/mol. The third kappa shape index (κ3) is 5.34. The van der Waals surface area contributed by atoms with Gasteiger partial charge in [-0.2, -0.15) is 5.26 Å². The Morgan fingerprint density at radius 2 is 1.82 bits per heavy atom. The molecule has 1 saturated heterocycles. The normalized spacial score (nSPS) is 17.9. The number of aromatic nitrogens is 1. The summed E-state index contributed by atoms with van der Waals surface area (Å²) in [5.74, 6) is 0.689. The van der Waals surface area contributed by atoms with E-state index in [-0.39, 0.29) is 5.82 Å². The van der Waals surface area contributed by atoms with E-state index in [9.17, 15) is 9.65 Å². The molecular formula is C30H33FN6S. The van der Waals surface area contributed by atoms with Crippen molar-refractivity contribution in [2.24, 2.45) is 9.98 Å². The van der Waals surface area contributed by atoms with Gasteiger partial charge in [-0.1, -0.05) is 49.7 Å². The van der Waals surface area contributed by atoms with E-state index in [1.54, 1.807) is 12.1 Å². The van der Waals surface area contributed by atoms with Crippen LogP contribution in [0.3, 0.4) is 0 Å². The Morgan fingerprint density at radius 3 is 2.50 bits per heavy atom. The number of hydrogen-bond donors (Lipinski definition) is 0. The summed E-state index contributed by atoms with van der Waals surface area (Å²) >= 11 is 1.35. The van der Waals surface area contributed by atoms with Crippen molar-refractivity contribution in [1.82, 2.24) is 9.88 Å². The smallest absolute Gasteiger partial charge is 0.191 e. The zero-order valence-electron chi connectivity index (χ0n) is 22.1. The minimum absolute atomic E-state index is 0.314. The van der Waals surface area contributed by atoms with Gasteiger partial charge < -0.3 is 9.80 Å². The van der Waals surface area contributed by atoms with Gasteiger partial charge in [0.05, 0.1) is 23.7 Å². The number of halogens is 1. The Labute approximate surface area is 228 Å². The molecule has 1 aromatic carbocycles. The third-order valence-electron chi connectivity index (χ3n) is 7.18. The number of amidine groups is 1. The maximum atomic E-state index is 13.6. The second kappa shape index (κ2) is 11.9. The molecule has 0 saturated carbocycles. The number of hydrogen-bond acceptors (Lipinski definition) is 7. The Balaban J connectivity index is 1.61. The second-order valence-electron chi connectivity index (χ2n) is 9.63. The number of fused-ring (bicyclic) bond motifs is 1. The van der Waals surface area contributed by atoms with Gasteiger partial charge in [0.1, 0.15) is 28.3 Å². The lowest BCUT2D eigenvalue weighted by molar-refractivity contribution is 0.363. The highest BCUT2D eigenvalue weighted by Crippen LogP contribution is 2.37. The molecule has 0 unspecified atom stereocenters. The van der Waals surface area contributed by atoms with Crippen molar-refractivity contribution in [3.8, 4) is 17.3 Å². The minimum atomic E-state index is -0.314. The van der Waals surface area contributed by atoms with E-state index in [4.69, 9.17) is 15.0 Å². The number of nitrogens with zero attached hydrogens (tertiary/aromatic N) is 6. The van der Waals surface area contributed by atoms with Crippen LogP contribution in [0.1, 0.15) is 57.2 Å². The number of rotatable bonds is 5. The largest absolute Gasteiger partial charge is 0.357 e. The molecule has 0 bridgehead atoms. The molecule has 3 aliphatic heterocycles. The quantitative estimate of drug-likeness (QED) is 0.424. The highest BCUT2D eigenvalue weighted by molar-refractivity contribution is 7.16. The van der Waals surface area contributed by atoms with Crippen LogP contribution in [0.15, 0.2) is 69.4 Å². The van der Waals surface area contributed by atoms with E-state index in [0.29, 0.717) is 28.8 Å². The van der Waals surface area contributed by atoms with Crippen LogP contribution in [0.2, 0.25) is 0 Å². The van der Waals surface area contributed by atoms with Gasteiger partial charge in [-0.05, 0) is 56.5 Å². The standard InChI is InChI=1S/C30H33FN6S/c1-3-24-29(37(4-2)30-35-27(25(19-32)38-30)21-13-15-23(31)16-14-21)28-22(20-33-24)11-10-12-26(34-28)36-17-8-6-5-7-9-18-36/h10-16H,3-9,17-18,20H2,1-2H3. The fourth-order valence-corrected chi connectivity index (χ4v) is 6.14. The molecule has 0 N–H and O–H groups in total. The van der Waals surface area contributed by atoms with Gasteiger partial charge in [0.15, 0.2) is 5.13 Å². The van der Waals surface area contributed by atoms with Crippen LogP contribution in [0.5, 0.6) is 0 Å². The molecule has 38 heavy (non-hydrogen) atoms. The molecule has 6 nitrogen and oxygen atoms in total. The molecule has 4 heterocycles. The van der Waals surface area contributed by atoms with Crippen LogP contribution < -0.4 is 4.90 Å². The topological polar surface area (TPSA) is 67.9 Å². The minimum Gasteiger partial charge on any atom is -0.357 e. The van der Waals surface area contributed by atoms with E-state index in [1.165, 1.54) is 55.6 Å². The molecule has 0 aliphatic carbocycles. The van der Waals surface area contributed by atoms with Gasteiger partial charge >= 0.3 is 0 Å². The maximum absolute atomic E-state index is 13.6. The first-order valence-corrected chi connectivity index (χ1v) is 14.4. The first-order valence-electron chi connectivity index (χ1n) is 13.6. The molecule has 0 radical (unpaired) electrons. The van der Waals surface area contributed by atoms with Crippen LogP contribution in [-0.2, 0) is 0 Å². The van der Waals surface area contributed by atoms with Crippen molar-refractivity contribution in [2.45, 2.75) is 52.4 Å². The van der Waals surface area contributed by atoms with E-state index >= 15 is 0 Å². The van der Waals surface area contributed by atoms with Gasteiger partial charge in [-0.3, -0.25) is 4.99 Å². The van der Waals surface area contributed by atoms with Crippen molar-refractivity contribution < 1.29 is 4.39 Å². The Kier molecular flexibility index (Phi) is 8.14. The van der Waals surface area contributed by atoms with E-state index in [1.807, 2.05) is 0 Å². The van der Waals surface area contributed by atoms with Crippen LogP contribution in [-0.4, -0.2) is 47.6 Å². The van der Waals surface area contributed by atoms with Crippen molar-refractivity contribution in [2.75, 3.05) is 31.1 Å². The maximum Gasteiger partial charge on any atom is 0.191 e. The number of anilines is 1. The third-order valence-corrected chi connectivity index (χ3v) is 8.16. The molecule has 5 rings (SSSR count). The molecule has 0 spiro atoms. The van der Waals surface area contributed by atoms with Gasteiger partial charge in [0, 0.05) is 30.8 Å². The highest BCUT2D eigenvalue weighted by atomic mass is 32.1. The predicted octanol–water partition coefficient (Wildman–Crippen LogP) is 6.88. The summed E-state index contributed by atoms with van der Waals surface area (Å²) in [6.07, 6.45) is 13.3. The first-order chi connectivity index (χ1) is 18.6. The number of allylic oxidation sites excluding steroid dienone is 3. The summed E-state index contributed by atoms with van der Waals surface area (Å²) in [5.41, 5.74) is 5.29. The number of likely N-dealkylation sites (tertiary alicyclic amines) is 1. The van der Waals surface area contributed by atoms with E-state index in [0.717, 1.165) is 53.6 Å². The fourth-order valence-electron chi connectivity index (χ4n) is 5.19. The van der Waals surface area contributed by atoms with Gasteiger partial charge in [0.25, 0.3) is 0 Å². The average Bonchev–Trinajstić information content (AvgIpc) is 3.22. The molecule has 196 valence electrons. The number of aliphatic imine (C=N–C) groups is 2. The van der Waals surface area contributed by atoms with Crippen molar-refractivity contribution >= 4 is 28.0 Å². The number of benzene rings is 1. The van der Waals surface area contributed by atoms with Crippen molar-refractivity contribution in [3.05, 3.63) is 70.2 Å². The summed E-state index contributed by atoms with van der Waals surface area (Å²) in [6, 6.07) is 8.44. The number of thiazole rings is 1. The lowest BCUT2D eigenvalue weighted by atomic mass is 10.0. The molecule has 3 aliphatic rings. The lowest BCUT2D eigenvalue weighted by Crippen LogP contribution is -2.34. The summed E-state index contributed by atoms with van der Waals surface area (Å²) < 4.78 is 13.6. The van der Waals surface area contributed by atoms with Crippen LogP contribution in [0.4, 0.5) is 9.52 Å². The zero-order chi connectivity index (χ0) is 26.5. The van der Waals surface area contributed by atoms with Crippen LogP contribution >= 0.6 is 11.3 Å². The summed E-state index contributed by atoms with van der Waals surface area (Å²) in [7, 11) is 0.